The van der Waals surface area contributed by atoms with Gasteiger partial charge in [0.15, 0.2) is 0 Å². The summed E-state index contributed by atoms with van der Waals surface area (Å²) in [6.07, 6.45) is 7.38. The van der Waals surface area contributed by atoms with Crippen LogP contribution in [0.3, 0.4) is 0 Å². The van der Waals surface area contributed by atoms with Crippen LogP contribution in [-0.4, -0.2) is 25.2 Å². The highest BCUT2D eigenvalue weighted by Crippen LogP contribution is 2.31. The van der Waals surface area contributed by atoms with Gasteiger partial charge >= 0.3 is 0 Å². The van der Waals surface area contributed by atoms with E-state index in [2.05, 4.69) is 36.6 Å². The van der Waals surface area contributed by atoms with Crippen molar-refractivity contribution in [2.75, 3.05) is 0 Å². The summed E-state index contributed by atoms with van der Waals surface area (Å²) in [6, 6.07) is 17.8. The van der Waals surface area contributed by atoms with E-state index in [9.17, 15) is 4.79 Å². The van der Waals surface area contributed by atoms with Crippen LogP contribution >= 0.6 is 11.6 Å². The first kappa shape index (κ1) is 20.3. The Labute approximate surface area is 192 Å². The average molecular weight is 443 g/mol. The molecule has 1 aliphatic rings. The summed E-state index contributed by atoms with van der Waals surface area (Å²) in [5, 5.41) is 5.56. The van der Waals surface area contributed by atoms with E-state index in [-0.39, 0.29) is 5.91 Å². The van der Waals surface area contributed by atoms with Gasteiger partial charge in [0.2, 0.25) is 5.91 Å². The van der Waals surface area contributed by atoms with Gasteiger partial charge in [-0.15, -0.1) is 0 Å². The lowest BCUT2D eigenvalue weighted by Gasteiger charge is -2.17. The van der Waals surface area contributed by atoms with E-state index in [1.807, 2.05) is 58.4 Å². The molecule has 1 aliphatic heterocycles. The molecule has 0 radical (unpaired) electrons. The van der Waals surface area contributed by atoms with Crippen molar-refractivity contribution < 1.29 is 4.79 Å². The van der Waals surface area contributed by atoms with Crippen LogP contribution < -0.4 is 0 Å². The zero-order valence-corrected chi connectivity index (χ0v) is 18.8. The average Bonchev–Trinajstić information content (AvgIpc) is 3.49. The summed E-state index contributed by atoms with van der Waals surface area (Å²) in [4.78, 5) is 14.7. The van der Waals surface area contributed by atoms with Gasteiger partial charge in [-0.2, -0.15) is 5.10 Å². The highest BCUT2D eigenvalue weighted by Gasteiger charge is 2.30. The Morgan fingerprint density at radius 3 is 2.56 bits per heavy atom. The first-order chi connectivity index (χ1) is 15.5. The van der Waals surface area contributed by atoms with Gasteiger partial charge in [0.05, 0.1) is 24.5 Å². The molecule has 4 aromatic rings. The number of carbonyl (C=O) groups is 1. The van der Waals surface area contributed by atoms with E-state index in [1.54, 1.807) is 12.2 Å². The molecule has 2 aromatic heterocycles. The van der Waals surface area contributed by atoms with Crippen LogP contribution in [0.15, 0.2) is 73.1 Å². The number of rotatable bonds is 4. The van der Waals surface area contributed by atoms with Gasteiger partial charge < -0.3 is 9.47 Å². The Balaban J connectivity index is 1.48. The Bertz CT molecular complexity index is 1330. The number of aryl methyl sites for hydroxylation is 2. The summed E-state index contributed by atoms with van der Waals surface area (Å²) in [5.41, 5.74) is 6.25. The molecule has 0 atom stereocenters. The Morgan fingerprint density at radius 1 is 1.03 bits per heavy atom. The molecule has 160 valence electrons. The van der Waals surface area contributed by atoms with Gasteiger partial charge in [-0.1, -0.05) is 47.5 Å². The highest BCUT2D eigenvalue weighted by molar-refractivity contribution is 6.32. The largest absolute Gasteiger partial charge is 0.329 e. The van der Waals surface area contributed by atoms with Crippen LogP contribution in [0.5, 0.6) is 0 Å². The van der Waals surface area contributed by atoms with Crippen molar-refractivity contribution >= 4 is 23.6 Å². The maximum atomic E-state index is 12.9. The van der Waals surface area contributed by atoms with Gasteiger partial charge in [0.1, 0.15) is 5.82 Å². The fraction of sp³-hybridized carbons (Fsp3) is 0.154. The molecule has 0 fully saturated rings. The molecule has 0 spiro atoms. The lowest BCUT2D eigenvalue weighted by molar-refractivity contribution is -0.126. The molecule has 0 saturated heterocycles. The Kier molecular flexibility index (Phi) is 5.19. The third kappa shape index (κ3) is 3.65. The monoisotopic (exact) mass is 442 g/mol. The van der Waals surface area contributed by atoms with Gasteiger partial charge in [0.25, 0.3) is 0 Å². The third-order valence-corrected chi connectivity index (χ3v) is 6.13. The molecule has 0 aliphatic carbocycles. The summed E-state index contributed by atoms with van der Waals surface area (Å²) >= 11 is 6.21. The van der Waals surface area contributed by atoms with Crippen LogP contribution in [0.1, 0.15) is 27.9 Å². The Hall–Kier alpha value is -3.57. The Morgan fingerprint density at radius 2 is 1.81 bits per heavy atom. The molecule has 2 aromatic carbocycles. The number of carbonyl (C=O) groups excluding carboxylic acids is 1. The summed E-state index contributed by atoms with van der Waals surface area (Å²) in [5.74, 6) is 0.918. The number of nitrogens with zero attached hydrogens (tertiary/aromatic N) is 4. The molecule has 32 heavy (non-hydrogen) atoms. The number of aromatic nitrogens is 3. The number of hydrogen-bond acceptors (Lipinski definition) is 2. The molecule has 5 rings (SSSR count). The predicted molar refractivity (Wildman–Crippen MR) is 127 cm³/mol. The van der Waals surface area contributed by atoms with Crippen molar-refractivity contribution in [2.45, 2.75) is 26.9 Å². The van der Waals surface area contributed by atoms with E-state index >= 15 is 0 Å². The van der Waals surface area contributed by atoms with Crippen molar-refractivity contribution in [1.82, 2.24) is 19.2 Å². The van der Waals surface area contributed by atoms with E-state index in [1.165, 1.54) is 5.56 Å². The quantitative estimate of drug-likeness (QED) is 0.392. The van der Waals surface area contributed by atoms with Crippen molar-refractivity contribution in [2.24, 2.45) is 0 Å². The minimum atomic E-state index is -0.0561. The number of halogens is 1. The van der Waals surface area contributed by atoms with Crippen LogP contribution in [0.2, 0.25) is 5.02 Å². The molecule has 0 N–H and O–H groups in total. The lowest BCUT2D eigenvalue weighted by atomic mass is 10.1. The normalized spacial score (nSPS) is 13.2. The summed E-state index contributed by atoms with van der Waals surface area (Å²) < 4.78 is 4.07. The van der Waals surface area contributed by atoms with Crippen LogP contribution in [0.4, 0.5) is 0 Å². The number of benzene rings is 2. The van der Waals surface area contributed by atoms with E-state index in [4.69, 9.17) is 16.7 Å². The minimum absolute atomic E-state index is 0.0561. The minimum Gasteiger partial charge on any atom is -0.329 e. The van der Waals surface area contributed by atoms with Crippen LogP contribution in [-0.2, 0) is 17.9 Å². The van der Waals surface area contributed by atoms with Gasteiger partial charge in [-0.05, 0) is 55.3 Å². The topological polar surface area (TPSA) is 43.1 Å². The van der Waals surface area contributed by atoms with Crippen LogP contribution in [0, 0.1) is 13.8 Å². The first-order valence-corrected chi connectivity index (χ1v) is 10.9. The number of fused-ring (bicyclic) bond motifs is 1. The number of hydrogen-bond donors (Lipinski definition) is 0. The zero-order valence-electron chi connectivity index (χ0n) is 18.0. The van der Waals surface area contributed by atoms with Gasteiger partial charge in [-0.25, -0.2) is 4.68 Å². The molecular weight excluding hydrogens is 420 g/mol. The van der Waals surface area contributed by atoms with Crippen LogP contribution in [0.25, 0.3) is 17.6 Å². The fourth-order valence-electron chi connectivity index (χ4n) is 4.19. The highest BCUT2D eigenvalue weighted by atomic mass is 35.5. The van der Waals surface area contributed by atoms with Gasteiger partial charge in [0, 0.05) is 29.1 Å². The lowest BCUT2D eigenvalue weighted by Crippen LogP contribution is -2.24. The van der Waals surface area contributed by atoms with Crippen molar-refractivity contribution in [3.05, 3.63) is 106 Å². The first-order valence-electron chi connectivity index (χ1n) is 10.5. The smallest absolute Gasteiger partial charge is 0.247 e. The molecule has 0 bridgehead atoms. The predicted octanol–water partition coefficient (Wildman–Crippen LogP) is 5.49. The second-order valence-electron chi connectivity index (χ2n) is 8.09. The summed E-state index contributed by atoms with van der Waals surface area (Å²) in [7, 11) is 0. The molecular formula is C26H23ClN4O. The second kappa shape index (κ2) is 8.17. The fourth-order valence-corrected chi connectivity index (χ4v) is 4.39. The third-order valence-electron chi connectivity index (χ3n) is 5.78. The molecule has 6 heteroatoms. The standard InChI is InChI=1S/C26H23ClN4O/c1-18-9-11-24(19(2)15-18)31-26(29-13-5-6-14-29)21-16-30(17-23(21)28-31)25(32)12-10-20-7-3-4-8-22(20)27/h3-15H,16-17H2,1-2H3/b12-10+. The zero-order chi connectivity index (χ0) is 22.2. The molecule has 0 unspecified atom stereocenters. The second-order valence-corrected chi connectivity index (χ2v) is 8.50. The van der Waals surface area contributed by atoms with Gasteiger partial charge in [-0.3, -0.25) is 4.79 Å². The van der Waals surface area contributed by atoms with E-state index < -0.39 is 0 Å². The van der Waals surface area contributed by atoms with E-state index in [0.717, 1.165) is 33.9 Å². The van der Waals surface area contributed by atoms with Crippen molar-refractivity contribution in [1.29, 1.82) is 0 Å². The van der Waals surface area contributed by atoms with Crippen molar-refractivity contribution in [3.63, 3.8) is 0 Å². The molecule has 3 heterocycles. The molecule has 5 nitrogen and oxygen atoms in total. The molecule has 0 saturated carbocycles. The van der Waals surface area contributed by atoms with E-state index in [0.29, 0.717) is 18.1 Å². The SMILES string of the molecule is Cc1ccc(-n2nc3c(c2-n2cccc2)CN(C(=O)/C=C/c2ccccc2Cl)C3)c(C)c1. The summed E-state index contributed by atoms with van der Waals surface area (Å²) in [6.45, 7) is 5.18. The number of amides is 1. The maximum absolute atomic E-state index is 12.9. The maximum Gasteiger partial charge on any atom is 0.247 e. The van der Waals surface area contributed by atoms with Crippen molar-refractivity contribution in [3.8, 4) is 11.5 Å². The molecule has 1 amide bonds.